The van der Waals surface area contributed by atoms with Crippen molar-refractivity contribution in [3.63, 3.8) is 0 Å². The first-order valence-electron chi connectivity index (χ1n) is 4.56. The van der Waals surface area contributed by atoms with Crippen LogP contribution in [0.1, 0.15) is 22.5 Å². The van der Waals surface area contributed by atoms with E-state index in [-0.39, 0.29) is 5.78 Å². The molecular formula is C11H11NO2. The van der Waals surface area contributed by atoms with Crippen LogP contribution in [0.3, 0.4) is 0 Å². The van der Waals surface area contributed by atoms with Gasteiger partial charge in [0.15, 0.2) is 5.78 Å². The molecule has 0 spiro atoms. The molecule has 14 heavy (non-hydrogen) atoms. The van der Waals surface area contributed by atoms with Crippen molar-refractivity contribution >= 4 is 5.78 Å². The molecule has 0 aliphatic carbocycles. The van der Waals surface area contributed by atoms with Crippen LogP contribution in [0.25, 0.3) is 0 Å². The summed E-state index contributed by atoms with van der Waals surface area (Å²) in [5.41, 5.74) is 2.18. The minimum absolute atomic E-state index is 0.0353. The summed E-state index contributed by atoms with van der Waals surface area (Å²) in [6, 6.07) is 3.57. The van der Waals surface area contributed by atoms with Gasteiger partial charge in [0.05, 0.1) is 12.9 Å². The molecular weight excluding hydrogens is 178 g/mol. The smallest absolute Gasteiger partial charge is 0.194 e. The molecule has 3 nitrogen and oxygen atoms in total. The third-order valence-corrected chi connectivity index (χ3v) is 2.26. The van der Waals surface area contributed by atoms with E-state index in [1.807, 2.05) is 6.92 Å². The zero-order valence-electron chi connectivity index (χ0n) is 7.99. The Morgan fingerprint density at radius 2 is 2.43 bits per heavy atom. The van der Waals surface area contributed by atoms with Crippen LogP contribution in [0.2, 0.25) is 0 Å². The van der Waals surface area contributed by atoms with E-state index in [4.69, 9.17) is 4.74 Å². The molecule has 72 valence electrons. The minimum atomic E-state index is 0.0353. The van der Waals surface area contributed by atoms with Crippen molar-refractivity contribution in [3.05, 3.63) is 41.4 Å². The summed E-state index contributed by atoms with van der Waals surface area (Å²) in [4.78, 5) is 16.0. The summed E-state index contributed by atoms with van der Waals surface area (Å²) in [5.74, 6) is 0.0353. The number of aromatic nitrogens is 1. The lowest BCUT2D eigenvalue weighted by Crippen LogP contribution is -2.05. The van der Waals surface area contributed by atoms with Gasteiger partial charge in [0.2, 0.25) is 0 Å². The third kappa shape index (κ3) is 1.53. The van der Waals surface area contributed by atoms with Gasteiger partial charge in [-0.05, 0) is 19.1 Å². The predicted molar refractivity (Wildman–Crippen MR) is 52.0 cm³/mol. The van der Waals surface area contributed by atoms with Crippen molar-refractivity contribution in [3.8, 4) is 0 Å². The fourth-order valence-corrected chi connectivity index (χ4v) is 1.45. The number of Topliss-reactive ketones (excluding diaryl/α,β-unsaturated/α-hetero) is 1. The van der Waals surface area contributed by atoms with Crippen LogP contribution in [0.5, 0.6) is 0 Å². The summed E-state index contributed by atoms with van der Waals surface area (Å²) in [6.07, 6.45) is 3.94. The SMILES string of the molecule is Cc1ncccc1C(=O)C1=COCC1. The molecule has 0 bridgehead atoms. The first kappa shape index (κ1) is 8.94. The van der Waals surface area contributed by atoms with Crippen molar-refractivity contribution in [1.29, 1.82) is 0 Å². The molecule has 3 heteroatoms. The second-order valence-corrected chi connectivity index (χ2v) is 3.23. The summed E-state index contributed by atoms with van der Waals surface area (Å²) < 4.78 is 5.04. The quantitative estimate of drug-likeness (QED) is 0.667. The van der Waals surface area contributed by atoms with Crippen LogP contribution >= 0.6 is 0 Å². The molecule has 0 atom stereocenters. The Bertz CT molecular complexity index is 396. The molecule has 0 amide bonds. The Balaban J connectivity index is 2.31. The van der Waals surface area contributed by atoms with Gasteiger partial charge in [0, 0.05) is 29.4 Å². The Morgan fingerprint density at radius 3 is 3.07 bits per heavy atom. The van der Waals surface area contributed by atoms with E-state index in [0.29, 0.717) is 18.6 Å². The molecule has 1 aliphatic heterocycles. The molecule has 0 radical (unpaired) electrons. The Labute approximate surface area is 82.4 Å². The van der Waals surface area contributed by atoms with Gasteiger partial charge in [-0.25, -0.2) is 0 Å². The van der Waals surface area contributed by atoms with Crippen molar-refractivity contribution in [1.82, 2.24) is 4.98 Å². The Hall–Kier alpha value is -1.64. The molecule has 0 aromatic carbocycles. The molecule has 1 aliphatic rings. The average molecular weight is 189 g/mol. The van der Waals surface area contributed by atoms with Crippen LogP contribution < -0.4 is 0 Å². The summed E-state index contributed by atoms with van der Waals surface area (Å²) in [7, 11) is 0. The number of hydrogen-bond donors (Lipinski definition) is 0. The van der Waals surface area contributed by atoms with Crippen LogP contribution in [0.4, 0.5) is 0 Å². The Kier molecular flexibility index (Phi) is 2.31. The molecule has 0 saturated heterocycles. The number of aryl methyl sites for hydroxylation is 1. The molecule has 1 aromatic heterocycles. The highest BCUT2D eigenvalue weighted by atomic mass is 16.5. The van der Waals surface area contributed by atoms with Crippen molar-refractivity contribution in [2.75, 3.05) is 6.61 Å². The first-order chi connectivity index (χ1) is 6.79. The minimum Gasteiger partial charge on any atom is -0.500 e. The second kappa shape index (κ2) is 3.62. The van der Waals surface area contributed by atoms with Crippen molar-refractivity contribution in [2.24, 2.45) is 0 Å². The van der Waals surface area contributed by atoms with Gasteiger partial charge in [-0.3, -0.25) is 9.78 Å². The fourth-order valence-electron chi connectivity index (χ4n) is 1.45. The first-order valence-corrected chi connectivity index (χ1v) is 4.56. The molecule has 0 unspecified atom stereocenters. The largest absolute Gasteiger partial charge is 0.500 e. The van der Waals surface area contributed by atoms with Crippen molar-refractivity contribution < 1.29 is 9.53 Å². The fraction of sp³-hybridized carbons (Fsp3) is 0.273. The van der Waals surface area contributed by atoms with Crippen molar-refractivity contribution in [2.45, 2.75) is 13.3 Å². The van der Waals surface area contributed by atoms with E-state index < -0.39 is 0 Å². The maximum Gasteiger partial charge on any atom is 0.194 e. The lowest BCUT2D eigenvalue weighted by molar-refractivity contribution is 0.103. The van der Waals surface area contributed by atoms with Crippen LogP contribution in [0, 0.1) is 6.92 Å². The number of pyridine rings is 1. The highest BCUT2D eigenvalue weighted by molar-refractivity contribution is 6.09. The van der Waals surface area contributed by atoms with Crippen LogP contribution in [-0.2, 0) is 4.74 Å². The zero-order chi connectivity index (χ0) is 9.97. The number of ketones is 1. The average Bonchev–Trinajstić information content (AvgIpc) is 2.70. The predicted octanol–water partition coefficient (Wildman–Crippen LogP) is 1.88. The van der Waals surface area contributed by atoms with E-state index in [1.54, 1.807) is 24.6 Å². The van der Waals surface area contributed by atoms with Gasteiger partial charge < -0.3 is 4.74 Å². The van der Waals surface area contributed by atoms with Gasteiger partial charge in [-0.2, -0.15) is 0 Å². The monoisotopic (exact) mass is 189 g/mol. The van der Waals surface area contributed by atoms with Crippen LogP contribution in [0.15, 0.2) is 30.2 Å². The Morgan fingerprint density at radius 1 is 1.57 bits per heavy atom. The van der Waals surface area contributed by atoms with E-state index in [1.165, 1.54) is 0 Å². The topological polar surface area (TPSA) is 39.2 Å². The highest BCUT2D eigenvalue weighted by Crippen LogP contribution is 2.17. The summed E-state index contributed by atoms with van der Waals surface area (Å²) in [5, 5.41) is 0. The molecule has 2 rings (SSSR count). The van der Waals surface area contributed by atoms with Gasteiger partial charge in [0.25, 0.3) is 0 Å². The van der Waals surface area contributed by atoms with E-state index >= 15 is 0 Å². The van der Waals surface area contributed by atoms with Gasteiger partial charge in [0.1, 0.15) is 0 Å². The number of ether oxygens (including phenoxy) is 1. The second-order valence-electron chi connectivity index (χ2n) is 3.23. The normalized spacial score (nSPS) is 14.8. The van der Waals surface area contributed by atoms with E-state index in [2.05, 4.69) is 4.98 Å². The number of carbonyl (C=O) groups is 1. The maximum atomic E-state index is 11.9. The van der Waals surface area contributed by atoms with E-state index in [9.17, 15) is 4.79 Å². The number of carbonyl (C=O) groups excluding carboxylic acids is 1. The van der Waals surface area contributed by atoms with Gasteiger partial charge in [-0.15, -0.1) is 0 Å². The molecule has 0 N–H and O–H groups in total. The number of nitrogens with zero attached hydrogens (tertiary/aromatic N) is 1. The molecule has 0 fully saturated rings. The number of rotatable bonds is 2. The molecule has 1 aromatic rings. The maximum absolute atomic E-state index is 11.9. The number of hydrogen-bond acceptors (Lipinski definition) is 3. The summed E-state index contributed by atoms with van der Waals surface area (Å²) >= 11 is 0. The van der Waals surface area contributed by atoms with Gasteiger partial charge in [-0.1, -0.05) is 0 Å². The third-order valence-electron chi connectivity index (χ3n) is 2.26. The standard InChI is InChI=1S/C11H11NO2/c1-8-10(3-2-5-12-8)11(13)9-4-6-14-7-9/h2-3,5,7H,4,6H2,1H3. The lowest BCUT2D eigenvalue weighted by atomic mass is 10.0. The highest BCUT2D eigenvalue weighted by Gasteiger charge is 2.18. The van der Waals surface area contributed by atoms with E-state index in [0.717, 1.165) is 11.3 Å². The van der Waals surface area contributed by atoms with Gasteiger partial charge >= 0.3 is 0 Å². The lowest BCUT2D eigenvalue weighted by Gasteiger charge is -2.02. The summed E-state index contributed by atoms with van der Waals surface area (Å²) in [6.45, 7) is 2.45. The molecule has 2 heterocycles. The van der Waals surface area contributed by atoms with Crippen LogP contribution in [-0.4, -0.2) is 17.4 Å². The zero-order valence-corrected chi connectivity index (χ0v) is 7.99. The molecule has 0 saturated carbocycles.